The molecule has 0 unspecified atom stereocenters. The molecule has 0 amide bonds. The van der Waals surface area contributed by atoms with Crippen molar-refractivity contribution in [3.05, 3.63) is 156 Å². The second-order valence-electron chi connectivity index (χ2n) is 10.3. The summed E-state index contributed by atoms with van der Waals surface area (Å²) in [4.78, 5) is 8.87. The third-order valence-corrected chi connectivity index (χ3v) is 7.09. The van der Waals surface area contributed by atoms with E-state index in [9.17, 15) is 0 Å². The maximum absolute atomic E-state index is 5.85. The first-order valence-corrected chi connectivity index (χ1v) is 13.9. The van der Waals surface area contributed by atoms with E-state index in [0.29, 0.717) is 5.92 Å². The minimum absolute atomic E-state index is 0. The molecular formula is C38H30IrN2O-2. The van der Waals surface area contributed by atoms with Gasteiger partial charge in [0.2, 0.25) is 0 Å². The Kier molecular flexibility index (Phi) is 9.38. The van der Waals surface area contributed by atoms with Crippen LogP contribution in [0.4, 0.5) is 0 Å². The van der Waals surface area contributed by atoms with Crippen LogP contribution in [0.3, 0.4) is 0 Å². The van der Waals surface area contributed by atoms with Crippen molar-refractivity contribution in [3.8, 4) is 22.5 Å². The van der Waals surface area contributed by atoms with Gasteiger partial charge in [-0.1, -0.05) is 91.5 Å². The van der Waals surface area contributed by atoms with Gasteiger partial charge in [0.25, 0.3) is 0 Å². The van der Waals surface area contributed by atoms with Crippen molar-refractivity contribution in [1.29, 1.82) is 0 Å². The largest absolute Gasteiger partial charge is 0.500 e. The summed E-state index contributed by atoms with van der Waals surface area (Å²) < 4.78 is 5.85. The molecule has 3 heterocycles. The number of benzene rings is 4. The van der Waals surface area contributed by atoms with Crippen molar-refractivity contribution in [2.45, 2.75) is 26.2 Å². The first kappa shape index (κ1) is 29.1. The van der Waals surface area contributed by atoms with Crippen LogP contribution in [-0.4, -0.2) is 9.97 Å². The van der Waals surface area contributed by atoms with Gasteiger partial charge in [0, 0.05) is 37.9 Å². The topological polar surface area (TPSA) is 38.9 Å². The van der Waals surface area contributed by atoms with Gasteiger partial charge < -0.3 is 14.4 Å². The normalized spacial score (nSPS) is 10.7. The van der Waals surface area contributed by atoms with E-state index in [0.717, 1.165) is 50.9 Å². The Morgan fingerprint density at radius 2 is 1.40 bits per heavy atom. The van der Waals surface area contributed by atoms with Gasteiger partial charge in [0.15, 0.2) is 0 Å². The second kappa shape index (κ2) is 13.5. The van der Waals surface area contributed by atoms with E-state index in [1.54, 1.807) is 0 Å². The van der Waals surface area contributed by atoms with Gasteiger partial charge in [-0.25, -0.2) is 0 Å². The molecule has 7 rings (SSSR count). The zero-order valence-electron chi connectivity index (χ0n) is 23.5. The third-order valence-electron chi connectivity index (χ3n) is 7.09. The number of fused-ring (bicyclic) bond motifs is 3. The van der Waals surface area contributed by atoms with Crippen LogP contribution in [0.2, 0.25) is 0 Å². The number of nitrogens with zero attached hydrogens (tertiary/aromatic N) is 2. The summed E-state index contributed by atoms with van der Waals surface area (Å²) in [5.41, 5.74) is 9.64. The van der Waals surface area contributed by atoms with Crippen LogP contribution in [0.15, 0.2) is 132 Å². The van der Waals surface area contributed by atoms with Crippen LogP contribution in [0.25, 0.3) is 44.5 Å². The Morgan fingerprint density at radius 1 is 0.643 bits per heavy atom. The molecule has 0 saturated heterocycles. The van der Waals surface area contributed by atoms with Gasteiger partial charge in [0.05, 0.1) is 5.58 Å². The first-order chi connectivity index (χ1) is 20.1. The average Bonchev–Trinajstić information content (AvgIpc) is 3.41. The summed E-state index contributed by atoms with van der Waals surface area (Å²) in [5, 5.41) is 2.24. The van der Waals surface area contributed by atoms with Crippen molar-refractivity contribution in [2.24, 2.45) is 0 Å². The molecule has 1 radical (unpaired) electrons. The Hall–Kier alpha value is -4.37. The van der Waals surface area contributed by atoms with Crippen molar-refractivity contribution < 1.29 is 24.5 Å². The summed E-state index contributed by atoms with van der Waals surface area (Å²) in [5.74, 6) is 0.486. The summed E-state index contributed by atoms with van der Waals surface area (Å²) in [6.45, 7) is 4.38. The number of aromatic nitrogens is 2. The Balaban J connectivity index is 0.000000166. The molecule has 42 heavy (non-hydrogen) atoms. The van der Waals surface area contributed by atoms with Crippen LogP contribution in [0.1, 0.15) is 36.5 Å². The molecule has 209 valence electrons. The molecule has 0 N–H and O–H groups in total. The quantitative estimate of drug-likeness (QED) is 0.166. The summed E-state index contributed by atoms with van der Waals surface area (Å²) in [6.07, 6.45) is 4.62. The minimum atomic E-state index is 0. The maximum Gasteiger partial charge on any atom is 0.120 e. The predicted molar refractivity (Wildman–Crippen MR) is 168 cm³/mol. The van der Waals surface area contributed by atoms with Crippen molar-refractivity contribution >= 4 is 21.9 Å². The monoisotopic (exact) mass is 723 g/mol. The molecule has 0 atom stereocenters. The Bertz CT molecular complexity index is 1900. The SMILES string of the molecule is CC(C)c1ccnc(-c2[c-]cc3oc4ccccc4c3c2)c1.[Ir].[c-]1ccc(Cc2ccccc2)cc1-c1ccccn1. The van der Waals surface area contributed by atoms with E-state index in [1.165, 1.54) is 16.7 Å². The Labute approximate surface area is 260 Å². The fourth-order valence-electron chi connectivity index (χ4n) is 4.90. The number of furan rings is 1. The van der Waals surface area contributed by atoms with E-state index < -0.39 is 0 Å². The van der Waals surface area contributed by atoms with Gasteiger partial charge in [-0.05, 0) is 47.5 Å². The van der Waals surface area contributed by atoms with Gasteiger partial charge >= 0.3 is 0 Å². The minimum Gasteiger partial charge on any atom is -0.500 e. The molecule has 0 bridgehead atoms. The second-order valence-corrected chi connectivity index (χ2v) is 10.3. The maximum atomic E-state index is 5.85. The smallest absolute Gasteiger partial charge is 0.120 e. The standard InChI is InChI=1S/C20H16NO.C18H14N.Ir/c1-13(2)14-9-10-21-18(12-14)15-7-8-20-17(11-15)16-5-3-4-6-19(16)22-20;1-2-7-15(8-3-1)13-16-9-6-10-17(14-16)18-11-4-5-12-19-18;/h3-6,8-13H,1-2H3;1-9,11-12,14H,13H2;/q2*-1;. The molecule has 7 aromatic rings. The molecule has 4 heteroatoms. The molecule has 0 spiro atoms. The number of para-hydroxylation sites is 1. The number of pyridine rings is 2. The third kappa shape index (κ3) is 6.74. The van der Waals surface area contributed by atoms with Gasteiger partial charge in [-0.15, -0.1) is 59.2 Å². The summed E-state index contributed by atoms with van der Waals surface area (Å²) >= 11 is 0. The molecule has 3 nitrogen and oxygen atoms in total. The van der Waals surface area contributed by atoms with Crippen LogP contribution in [-0.2, 0) is 26.5 Å². The van der Waals surface area contributed by atoms with E-state index >= 15 is 0 Å². The van der Waals surface area contributed by atoms with E-state index in [4.69, 9.17) is 4.42 Å². The number of hydrogen-bond donors (Lipinski definition) is 0. The van der Waals surface area contributed by atoms with E-state index in [-0.39, 0.29) is 20.1 Å². The molecule has 0 aliphatic heterocycles. The zero-order chi connectivity index (χ0) is 28.0. The van der Waals surface area contributed by atoms with Crippen molar-refractivity contribution in [2.75, 3.05) is 0 Å². The fourth-order valence-corrected chi connectivity index (χ4v) is 4.90. The zero-order valence-corrected chi connectivity index (χ0v) is 25.9. The Morgan fingerprint density at radius 3 is 2.21 bits per heavy atom. The van der Waals surface area contributed by atoms with Crippen molar-refractivity contribution in [3.63, 3.8) is 0 Å². The van der Waals surface area contributed by atoms with Gasteiger partial charge in [0.1, 0.15) is 5.58 Å². The van der Waals surface area contributed by atoms with Gasteiger partial charge in [-0.2, -0.15) is 0 Å². The molecule has 0 aliphatic rings. The molecule has 4 aromatic carbocycles. The number of hydrogen-bond acceptors (Lipinski definition) is 3. The molecule has 0 saturated carbocycles. The van der Waals surface area contributed by atoms with Gasteiger partial charge in [-0.3, -0.25) is 0 Å². The summed E-state index contributed by atoms with van der Waals surface area (Å²) in [6, 6.07) is 45.6. The van der Waals surface area contributed by atoms with Crippen LogP contribution >= 0.6 is 0 Å². The molecule has 3 aromatic heterocycles. The molecular weight excluding hydrogens is 693 g/mol. The predicted octanol–water partition coefficient (Wildman–Crippen LogP) is 9.71. The fraction of sp³-hybridized carbons (Fsp3) is 0.105. The van der Waals surface area contributed by atoms with E-state index in [1.807, 2.05) is 67.0 Å². The molecule has 0 aliphatic carbocycles. The van der Waals surface area contributed by atoms with E-state index in [2.05, 4.69) is 96.6 Å². The van der Waals surface area contributed by atoms with Crippen LogP contribution in [0.5, 0.6) is 0 Å². The van der Waals surface area contributed by atoms with Crippen LogP contribution < -0.4 is 0 Å². The van der Waals surface area contributed by atoms with Crippen LogP contribution in [0, 0.1) is 12.1 Å². The summed E-state index contributed by atoms with van der Waals surface area (Å²) in [7, 11) is 0. The number of rotatable bonds is 5. The molecule has 0 fully saturated rings. The first-order valence-electron chi connectivity index (χ1n) is 13.9. The van der Waals surface area contributed by atoms with Crippen molar-refractivity contribution in [1.82, 2.24) is 9.97 Å². The average molecular weight is 723 g/mol.